The summed E-state index contributed by atoms with van der Waals surface area (Å²) in [6.45, 7) is 8.69. The molecule has 31 heavy (non-hydrogen) atoms. The molecule has 0 saturated carbocycles. The predicted molar refractivity (Wildman–Crippen MR) is 114 cm³/mol. The number of piperidine rings is 1. The summed E-state index contributed by atoms with van der Waals surface area (Å²) >= 11 is 0. The van der Waals surface area contributed by atoms with Gasteiger partial charge < -0.3 is 20.7 Å². The van der Waals surface area contributed by atoms with Crippen LogP contribution in [0.15, 0.2) is 6.07 Å². The van der Waals surface area contributed by atoms with Gasteiger partial charge in [-0.1, -0.05) is 6.07 Å². The van der Waals surface area contributed by atoms with Crippen LogP contribution in [0.25, 0.3) is 0 Å². The van der Waals surface area contributed by atoms with E-state index in [0.29, 0.717) is 22.3 Å². The lowest BCUT2D eigenvalue weighted by Crippen LogP contribution is -2.45. The highest BCUT2D eigenvalue weighted by atomic mass is 19.1. The van der Waals surface area contributed by atoms with Gasteiger partial charge in [-0.15, -0.1) is 0 Å². The Kier molecular flexibility index (Phi) is 6.69. The molecule has 1 aromatic rings. The predicted octanol–water partition coefficient (Wildman–Crippen LogP) is 2.53. The number of fused-ring (bicyclic) bond motifs is 1. The normalized spacial score (nSPS) is 18.1. The maximum Gasteiger partial charge on any atom is 0.306 e. The first-order valence-corrected chi connectivity index (χ1v) is 10.8. The van der Waals surface area contributed by atoms with Crippen molar-refractivity contribution in [2.24, 2.45) is 5.73 Å². The van der Waals surface area contributed by atoms with Crippen molar-refractivity contribution in [2.75, 3.05) is 13.1 Å². The maximum absolute atomic E-state index is 15.5. The molecule has 1 saturated heterocycles. The second-order valence-electron chi connectivity index (χ2n) is 9.45. The van der Waals surface area contributed by atoms with Gasteiger partial charge in [0, 0.05) is 12.0 Å². The van der Waals surface area contributed by atoms with Gasteiger partial charge in [-0.2, -0.15) is 0 Å². The fraction of sp³-hybridized carbons (Fsp3) is 0.609. The fourth-order valence-corrected chi connectivity index (χ4v) is 4.50. The van der Waals surface area contributed by atoms with Gasteiger partial charge in [0.1, 0.15) is 17.5 Å². The number of nitrogens with one attached hydrogen (secondary N) is 1. The Bertz CT molecular complexity index is 888. The molecule has 2 aliphatic rings. The molecule has 0 aliphatic carbocycles. The topological polar surface area (TPSA) is 102 Å². The molecule has 170 valence electrons. The summed E-state index contributed by atoms with van der Waals surface area (Å²) in [7, 11) is 0. The van der Waals surface area contributed by atoms with E-state index in [1.807, 2.05) is 0 Å². The standard InChI is InChI=1S/C23H32FN3O4/c1-13-11-15(14-7-9-26-10-8-14)20(24)16-12-27(22(30)19(13)16)17(21(25)29)5-6-18(28)31-23(2,3)4/h11,14,17,26H,5-10,12H2,1-4H3,(H2,25,29)/t17-/m0/s1. The summed E-state index contributed by atoms with van der Waals surface area (Å²) in [6, 6.07) is 0.763. The van der Waals surface area contributed by atoms with Crippen LogP contribution in [-0.2, 0) is 20.9 Å². The van der Waals surface area contributed by atoms with Gasteiger partial charge in [0.05, 0.1) is 12.1 Å². The number of carbonyl (C=O) groups is 3. The molecule has 1 aromatic carbocycles. The van der Waals surface area contributed by atoms with Crippen molar-refractivity contribution >= 4 is 17.8 Å². The Morgan fingerprint density at radius 1 is 1.32 bits per heavy atom. The lowest BCUT2D eigenvalue weighted by Gasteiger charge is -2.26. The number of amides is 2. The summed E-state index contributed by atoms with van der Waals surface area (Å²) in [6.07, 6.45) is 1.65. The van der Waals surface area contributed by atoms with Crippen molar-refractivity contribution < 1.29 is 23.5 Å². The summed E-state index contributed by atoms with van der Waals surface area (Å²) < 4.78 is 20.7. The van der Waals surface area contributed by atoms with Crippen molar-refractivity contribution in [3.8, 4) is 0 Å². The van der Waals surface area contributed by atoms with E-state index in [-0.39, 0.29) is 31.1 Å². The van der Waals surface area contributed by atoms with E-state index in [9.17, 15) is 14.4 Å². The zero-order valence-corrected chi connectivity index (χ0v) is 18.7. The Morgan fingerprint density at radius 2 is 1.97 bits per heavy atom. The van der Waals surface area contributed by atoms with Gasteiger partial charge in [0.2, 0.25) is 5.91 Å². The molecule has 1 fully saturated rings. The van der Waals surface area contributed by atoms with Crippen LogP contribution >= 0.6 is 0 Å². The molecule has 0 aromatic heterocycles. The van der Waals surface area contributed by atoms with E-state index in [0.717, 1.165) is 25.9 Å². The largest absolute Gasteiger partial charge is 0.460 e. The molecule has 7 nitrogen and oxygen atoms in total. The van der Waals surface area contributed by atoms with Crippen LogP contribution in [0, 0.1) is 12.7 Å². The highest BCUT2D eigenvalue weighted by Gasteiger charge is 2.39. The van der Waals surface area contributed by atoms with Gasteiger partial charge in [0.15, 0.2) is 0 Å². The van der Waals surface area contributed by atoms with Crippen LogP contribution < -0.4 is 11.1 Å². The molecule has 0 spiro atoms. The molecule has 8 heteroatoms. The smallest absolute Gasteiger partial charge is 0.306 e. The molecule has 0 bridgehead atoms. The third-order valence-electron chi connectivity index (χ3n) is 5.92. The SMILES string of the molecule is Cc1cc(C2CCNCC2)c(F)c2c1C(=O)N([C@@H](CCC(=O)OC(C)(C)C)C(N)=O)C2. The quantitative estimate of drug-likeness (QED) is 0.672. The van der Waals surface area contributed by atoms with Gasteiger partial charge in [-0.3, -0.25) is 14.4 Å². The highest BCUT2D eigenvalue weighted by molar-refractivity contribution is 6.02. The minimum absolute atomic E-state index is 0.0262. The van der Waals surface area contributed by atoms with E-state index >= 15 is 4.39 Å². The van der Waals surface area contributed by atoms with E-state index in [1.165, 1.54) is 4.90 Å². The van der Waals surface area contributed by atoms with Crippen LogP contribution in [0.4, 0.5) is 4.39 Å². The highest BCUT2D eigenvalue weighted by Crippen LogP contribution is 2.37. The number of nitrogens with two attached hydrogens (primary N) is 1. The van der Waals surface area contributed by atoms with Crippen molar-refractivity contribution in [1.82, 2.24) is 10.2 Å². The molecule has 1 atom stereocenters. The monoisotopic (exact) mass is 433 g/mol. The number of esters is 1. The number of benzene rings is 1. The first-order chi connectivity index (χ1) is 14.5. The van der Waals surface area contributed by atoms with Crippen molar-refractivity contribution in [3.63, 3.8) is 0 Å². The summed E-state index contributed by atoms with van der Waals surface area (Å²) in [5.41, 5.74) is 6.88. The molecule has 3 N–H and O–H groups in total. The number of aryl methyl sites for hydroxylation is 1. The second-order valence-corrected chi connectivity index (χ2v) is 9.45. The van der Waals surface area contributed by atoms with Gasteiger partial charge >= 0.3 is 5.97 Å². The van der Waals surface area contributed by atoms with Gasteiger partial charge in [-0.25, -0.2) is 4.39 Å². The van der Waals surface area contributed by atoms with Gasteiger partial charge in [0.25, 0.3) is 5.91 Å². The molecule has 0 unspecified atom stereocenters. The van der Waals surface area contributed by atoms with Crippen molar-refractivity contribution in [3.05, 3.63) is 34.1 Å². The van der Waals surface area contributed by atoms with Crippen molar-refractivity contribution in [2.45, 2.75) is 77.5 Å². The molecule has 3 rings (SSSR count). The number of halogens is 1. The number of rotatable bonds is 6. The summed E-state index contributed by atoms with van der Waals surface area (Å²) in [5, 5.41) is 3.28. The number of carbonyl (C=O) groups excluding carboxylic acids is 3. The van der Waals surface area contributed by atoms with Gasteiger partial charge in [-0.05, 0) is 77.1 Å². The first kappa shape index (κ1) is 23.2. The average molecular weight is 434 g/mol. The number of hydrogen-bond acceptors (Lipinski definition) is 5. The van der Waals surface area contributed by atoms with Crippen LogP contribution in [0.3, 0.4) is 0 Å². The Hall–Kier alpha value is -2.48. The Morgan fingerprint density at radius 3 is 2.55 bits per heavy atom. The van der Waals surface area contributed by atoms with Crippen LogP contribution in [0.1, 0.15) is 79.4 Å². The lowest BCUT2D eigenvalue weighted by molar-refractivity contribution is -0.155. The maximum atomic E-state index is 15.5. The van der Waals surface area contributed by atoms with Crippen LogP contribution in [0.5, 0.6) is 0 Å². The van der Waals surface area contributed by atoms with Crippen LogP contribution in [0.2, 0.25) is 0 Å². The van der Waals surface area contributed by atoms with E-state index in [2.05, 4.69) is 5.32 Å². The molecule has 2 amide bonds. The minimum atomic E-state index is -1.01. The zero-order valence-electron chi connectivity index (χ0n) is 18.7. The van der Waals surface area contributed by atoms with E-state index < -0.39 is 29.4 Å². The first-order valence-electron chi connectivity index (χ1n) is 10.8. The Balaban J connectivity index is 1.82. The number of ether oxygens (including phenoxy) is 1. The molecule has 2 aliphatic heterocycles. The van der Waals surface area contributed by atoms with E-state index in [1.54, 1.807) is 33.8 Å². The Labute approximate surface area is 182 Å². The lowest BCUT2D eigenvalue weighted by atomic mass is 9.86. The number of primary amides is 1. The zero-order chi connectivity index (χ0) is 22.9. The number of nitrogens with zero attached hydrogens (tertiary/aromatic N) is 1. The number of hydrogen-bond donors (Lipinski definition) is 2. The van der Waals surface area contributed by atoms with Crippen LogP contribution in [-0.4, -0.2) is 47.4 Å². The minimum Gasteiger partial charge on any atom is -0.460 e. The second kappa shape index (κ2) is 8.94. The third kappa shape index (κ3) is 5.06. The fourth-order valence-electron chi connectivity index (χ4n) is 4.50. The summed E-state index contributed by atoms with van der Waals surface area (Å²) in [5.74, 6) is -1.87. The summed E-state index contributed by atoms with van der Waals surface area (Å²) in [4.78, 5) is 38.6. The molecule has 2 heterocycles. The van der Waals surface area contributed by atoms with Crippen molar-refractivity contribution in [1.29, 1.82) is 0 Å². The molecule has 0 radical (unpaired) electrons. The third-order valence-corrected chi connectivity index (χ3v) is 5.92. The average Bonchev–Trinajstić information content (AvgIpc) is 3.02. The van der Waals surface area contributed by atoms with E-state index in [4.69, 9.17) is 10.5 Å². The molecular formula is C23H32FN3O4. The molecular weight excluding hydrogens is 401 g/mol.